The Morgan fingerprint density at radius 2 is 1.53 bits per heavy atom. The molecule has 0 aliphatic rings. The molecule has 1 rings (SSSR count). The SMILES string of the molecule is NCCCCCCCNc1ccccc1. The third-order valence-electron chi connectivity index (χ3n) is 2.48. The summed E-state index contributed by atoms with van der Waals surface area (Å²) in [5, 5.41) is 3.41. The van der Waals surface area contributed by atoms with Crippen LogP contribution < -0.4 is 11.1 Å². The first-order valence-corrected chi connectivity index (χ1v) is 5.92. The van der Waals surface area contributed by atoms with Crippen molar-refractivity contribution >= 4 is 5.69 Å². The molecule has 1 aromatic carbocycles. The zero-order chi connectivity index (χ0) is 10.8. The molecule has 0 bridgehead atoms. The Hall–Kier alpha value is -1.02. The van der Waals surface area contributed by atoms with Crippen molar-refractivity contribution in [2.75, 3.05) is 18.4 Å². The van der Waals surface area contributed by atoms with E-state index in [1.165, 1.54) is 37.8 Å². The molecule has 2 nitrogen and oxygen atoms in total. The molecule has 0 saturated carbocycles. The molecule has 0 saturated heterocycles. The van der Waals surface area contributed by atoms with Gasteiger partial charge in [0.1, 0.15) is 0 Å². The van der Waals surface area contributed by atoms with Crippen molar-refractivity contribution in [3.05, 3.63) is 30.3 Å². The minimum Gasteiger partial charge on any atom is -0.385 e. The lowest BCUT2D eigenvalue weighted by molar-refractivity contribution is 0.629. The normalized spacial score (nSPS) is 10.2. The summed E-state index contributed by atoms with van der Waals surface area (Å²) in [4.78, 5) is 0. The van der Waals surface area contributed by atoms with Crippen molar-refractivity contribution in [2.24, 2.45) is 5.73 Å². The van der Waals surface area contributed by atoms with E-state index in [9.17, 15) is 0 Å². The average molecular weight is 206 g/mol. The van der Waals surface area contributed by atoms with Gasteiger partial charge < -0.3 is 11.1 Å². The fraction of sp³-hybridized carbons (Fsp3) is 0.538. The van der Waals surface area contributed by atoms with Gasteiger partial charge in [0.25, 0.3) is 0 Å². The third-order valence-corrected chi connectivity index (χ3v) is 2.48. The van der Waals surface area contributed by atoms with E-state index < -0.39 is 0 Å². The van der Waals surface area contributed by atoms with Crippen LogP contribution in [0.4, 0.5) is 5.69 Å². The fourth-order valence-electron chi connectivity index (χ4n) is 1.59. The summed E-state index contributed by atoms with van der Waals surface area (Å²) < 4.78 is 0. The summed E-state index contributed by atoms with van der Waals surface area (Å²) in [6.07, 6.45) is 6.32. The minimum atomic E-state index is 0.836. The molecule has 84 valence electrons. The smallest absolute Gasteiger partial charge is 0.0340 e. The van der Waals surface area contributed by atoms with E-state index in [0.29, 0.717) is 0 Å². The first-order chi connectivity index (χ1) is 7.43. The third kappa shape index (κ3) is 6.13. The number of nitrogens with one attached hydrogen (secondary N) is 1. The van der Waals surface area contributed by atoms with Crippen LogP contribution in [-0.4, -0.2) is 13.1 Å². The summed E-state index contributed by atoms with van der Waals surface area (Å²) in [7, 11) is 0. The number of hydrogen-bond acceptors (Lipinski definition) is 2. The zero-order valence-corrected chi connectivity index (χ0v) is 9.41. The van der Waals surface area contributed by atoms with Crippen LogP contribution in [0.2, 0.25) is 0 Å². The van der Waals surface area contributed by atoms with Gasteiger partial charge in [0.2, 0.25) is 0 Å². The maximum Gasteiger partial charge on any atom is 0.0340 e. The van der Waals surface area contributed by atoms with Gasteiger partial charge in [-0.25, -0.2) is 0 Å². The lowest BCUT2D eigenvalue weighted by Gasteiger charge is -2.05. The molecule has 0 aliphatic carbocycles. The van der Waals surface area contributed by atoms with E-state index >= 15 is 0 Å². The average Bonchev–Trinajstić information content (AvgIpc) is 2.29. The molecule has 0 amide bonds. The Morgan fingerprint density at radius 1 is 0.867 bits per heavy atom. The Kier molecular flexibility index (Phi) is 6.67. The van der Waals surface area contributed by atoms with Gasteiger partial charge >= 0.3 is 0 Å². The van der Waals surface area contributed by atoms with Gasteiger partial charge in [-0.3, -0.25) is 0 Å². The molecule has 0 spiro atoms. The monoisotopic (exact) mass is 206 g/mol. The summed E-state index contributed by atoms with van der Waals surface area (Å²) in [6, 6.07) is 10.4. The Morgan fingerprint density at radius 3 is 2.27 bits per heavy atom. The van der Waals surface area contributed by atoms with Crippen LogP contribution in [0.5, 0.6) is 0 Å². The highest BCUT2D eigenvalue weighted by Crippen LogP contribution is 2.06. The van der Waals surface area contributed by atoms with Crippen LogP contribution in [0.25, 0.3) is 0 Å². The number of anilines is 1. The van der Waals surface area contributed by atoms with Crippen molar-refractivity contribution in [2.45, 2.75) is 32.1 Å². The van der Waals surface area contributed by atoms with E-state index in [-0.39, 0.29) is 0 Å². The standard InChI is InChI=1S/C13H22N2/c14-11-7-2-1-3-8-12-15-13-9-5-4-6-10-13/h4-6,9-10,15H,1-3,7-8,11-12,14H2. The van der Waals surface area contributed by atoms with Crippen molar-refractivity contribution in [1.82, 2.24) is 0 Å². The molecule has 2 heteroatoms. The first-order valence-electron chi connectivity index (χ1n) is 5.92. The van der Waals surface area contributed by atoms with Gasteiger partial charge in [0.15, 0.2) is 0 Å². The molecule has 0 atom stereocenters. The fourth-order valence-corrected chi connectivity index (χ4v) is 1.59. The second-order valence-electron chi connectivity index (χ2n) is 3.85. The number of rotatable bonds is 8. The Balaban J connectivity index is 1.93. The molecule has 0 aromatic heterocycles. The summed E-state index contributed by atoms with van der Waals surface area (Å²) in [5.74, 6) is 0. The summed E-state index contributed by atoms with van der Waals surface area (Å²) in [5.41, 5.74) is 6.65. The van der Waals surface area contributed by atoms with E-state index in [2.05, 4.69) is 29.6 Å². The van der Waals surface area contributed by atoms with E-state index in [0.717, 1.165) is 13.1 Å². The number of hydrogen-bond donors (Lipinski definition) is 2. The van der Waals surface area contributed by atoms with Crippen molar-refractivity contribution < 1.29 is 0 Å². The number of benzene rings is 1. The van der Waals surface area contributed by atoms with Crippen LogP contribution in [0.15, 0.2) is 30.3 Å². The lowest BCUT2D eigenvalue weighted by atomic mass is 10.1. The maximum atomic E-state index is 5.43. The minimum absolute atomic E-state index is 0.836. The van der Waals surface area contributed by atoms with Gasteiger partial charge in [-0.15, -0.1) is 0 Å². The summed E-state index contributed by atoms with van der Waals surface area (Å²) in [6.45, 7) is 1.91. The molecule has 3 N–H and O–H groups in total. The van der Waals surface area contributed by atoms with Gasteiger partial charge in [0.05, 0.1) is 0 Å². The predicted molar refractivity (Wildman–Crippen MR) is 67.1 cm³/mol. The number of para-hydroxylation sites is 1. The van der Waals surface area contributed by atoms with Crippen molar-refractivity contribution in [3.8, 4) is 0 Å². The van der Waals surface area contributed by atoms with Gasteiger partial charge in [0, 0.05) is 12.2 Å². The number of unbranched alkanes of at least 4 members (excludes halogenated alkanes) is 4. The lowest BCUT2D eigenvalue weighted by Crippen LogP contribution is -2.01. The van der Waals surface area contributed by atoms with E-state index in [4.69, 9.17) is 5.73 Å². The van der Waals surface area contributed by atoms with Gasteiger partial charge in [-0.05, 0) is 31.5 Å². The van der Waals surface area contributed by atoms with Crippen LogP contribution in [0.1, 0.15) is 32.1 Å². The first kappa shape index (κ1) is 12.1. The van der Waals surface area contributed by atoms with Gasteiger partial charge in [-0.1, -0.05) is 37.5 Å². The van der Waals surface area contributed by atoms with Gasteiger partial charge in [-0.2, -0.15) is 0 Å². The molecule has 15 heavy (non-hydrogen) atoms. The topological polar surface area (TPSA) is 38.0 Å². The maximum absolute atomic E-state index is 5.43. The van der Waals surface area contributed by atoms with Crippen LogP contribution in [0.3, 0.4) is 0 Å². The van der Waals surface area contributed by atoms with Crippen molar-refractivity contribution in [1.29, 1.82) is 0 Å². The zero-order valence-electron chi connectivity index (χ0n) is 9.41. The van der Waals surface area contributed by atoms with E-state index in [1.807, 2.05) is 6.07 Å². The van der Waals surface area contributed by atoms with E-state index in [1.54, 1.807) is 0 Å². The largest absolute Gasteiger partial charge is 0.385 e. The highest BCUT2D eigenvalue weighted by Gasteiger charge is 1.91. The Bertz CT molecular complexity index is 234. The number of nitrogens with two attached hydrogens (primary N) is 1. The molecule has 1 aromatic rings. The molecule has 0 fully saturated rings. The molecular formula is C13H22N2. The molecular weight excluding hydrogens is 184 g/mol. The quantitative estimate of drug-likeness (QED) is 0.642. The van der Waals surface area contributed by atoms with Crippen molar-refractivity contribution in [3.63, 3.8) is 0 Å². The predicted octanol–water partition coefficient (Wildman–Crippen LogP) is 3.01. The molecule has 0 aliphatic heterocycles. The Labute approximate surface area is 92.9 Å². The van der Waals surface area contributed by atoms with Crippen LogP contribution in [0, 0.1) is 0 Å². The second-order valence-corrected chi connectivity index (χ2v) is 3.85. The van der Waals surface area contributed by atoms with Crippen LogP contribution in [-0.2, 0) is 0 Å². The second kappa shape index (κ2) is 8.30. The molecule has 0 unspecified atom stereocenters. The highest BCUT2D eigenvalue weighted by molar-refractivity contribution is 5.42. The summed E-state index contributed by atoms with van der Waals surface area (Å²) >= 11 is 0. The molecule has 0 radical (unpaired) electrons. The highest BCUT2D eigenvalue weighted by atomic mass is 14.9. The van der Waals surface area contributed by atoms with Crippen LogP contribution >= 0.6 is 0 Å². The molecule has 0 heterocycles.